The average Bonchev–Trinajstić information content (AvgIpc) is 2.99. The average molecular weight is 703 g/mol. The summed E-state index contributed by atoms with van der Waals surface area (Å²) >= 11 is 0. The Bertz CT molecular complexity index is 1770. The molecular formula is C33H38N2O15. The predicted octanol–water partition coefficient (Wildman–Crippen LogP) is 7.00. The van der Waals surface area contributed by atoms with E-state index in [9.17, 15) is 44.5 Å². The molecular weight excluding hydrogens is 664 g/mol. The van der Waals surface area contributed by atoms with E-state index < -0.39 is 62.2 Å². The normalized spacial score (nSPS) is 8.92. The Morgan fingerprint density at radius 3 is 1.40 bits per heavy atom. The summed E-state index contributed by atoms with van der Waals surface area (Å²) in [4.78, 5) is 60.5. The van der Waals surface area contributed by atoms with Crippen LogP contribution in [-0.4, -0.2) is 69.5 Å². The molecule has 0 aliphatic heterocycles. The molecule has 0 saturated carbocycles. The fourth-order valence-electron chi connectivity index (χ4n) is 3.20. The number of phenolic OH excluding ortho intramolecular Hbond substituents is 2. The van der Waals surface area contributed by atoms with Crippen LogP contribution in [0.5, 0.6) is 17.2 Å². The van der Waals surface area contributed by atoms with Gasteiger partial charge in [-0.05, 0) is 67.9 Å². The maximum absolute atomic E-state index is 10.6. The fourth-order valence-corrected chi connectivity index (χ4v) is 3.20. The van der Waals surface area contributed by atoms with E-state index in [2.05, 4.69) is 0 Å². The third kappa shape index (κ3) is 15.0. The fraction of sp³-hybridized carbons (Fsp3) is 0.152. The molecule has 17 heteroatoms. The van der Waals surface area contributed by atoms with Crippen LogP contribution in [0.3, 0.4) is 0 Å². The second kappa shape index (κ2) is 21.7. The number of hydrogen-bond acceptors (Lipinski definition) is 11. The molecule has 0 heterocycles. The summed E-state index contributed by atoms with van der Waals surface area (Å²) in [6.07, 6.45) is 0. The van der Waals surface area contributed by atoms with Gasteiger partial charge < -0.3 is 35.7 Å². The van der Waals surface area contributed by atoms with Gasteiger partial charge in [-0.15, -0.1) is 0 Å². The molecule has 17 nitrogen and oxygen atoms in total. The van der Waals surface area contributed by atoms with E-state index in [1.807, 2.05) is 6.92 Å². The zero-order valence-corrected chi connectivity index (χ0v) is 24.3. The van der Waals surface area contributed by atoms with Crippen LogP contribution in [0.1, 0.15) is 74.8 Å². The summed E-state index contributed by atoms with van der Waals surface area (Å²) in [7, 11) is 0. The molecule has 0 aliphatic rings. The first-order valence-electron chi connectivity index (χ1n) is 12.6. The van der Waals surface area contributed by atoms with Crippen molar-refractivity contribution in [2.45, 2.75) is 36.1 Å². The number of aromatic carboxylic acids is 4. The molecule has 0 spiro atoms. The van der Waals surface area contributed by atoms with Gasteiger partial charge in [-0.2, -0.15) is 0 Å². The number of nitro benzene ring substituents is 2. The van der Waals surface area contributed by atoms with Gasteiger partial charge in [-0.25, -0.2) is 19.2 Å². The van der Waals surface area contributed by atoms with Gasteiger partial charge in [0.2, 0.25) is 5.75 Å². The molecule has 4 aromatic rings. The summed E-state index contributed by atoms with van der Waals surface area (Å²) in [5, 5.41) is 81.6. The molecule has 0 bridgehead atoms. The van der Waals surface area contributed by atoms with Crippen LogP contribution in [0, 0.1) is 34.1 Å². The number of carboxylic acids is 4. The van der Waals surface area contributed by atoms with Crippen molar-refractivity contribution in [3.05, 3.63) is 132 Å². The van der Waals surface area contributed by atoms with Gasteiger partial charge in [-0.3, -0.25) is 20.2 Å². The quantitative estimate of drug-likeness (QED) is 0.0786. The van der Waals surface area contributed by atoms with Crippen LogP contribution in [0.15, 0.2) is 78.9 Å². The summed E-state index contributed by atoms with van der Waals surface area (Å²) in [6.45, 7) is 3.44. The SMILES string of the molecule is C.C.C.Cc1cc(C(=O)O)c(O)c([N+](=O)[O-])c1.Cc1ccc(C(=O)O)cc1.O=C(O)c1ccc(O)c([N+](=O)[O-])c1.O=C(O)c1cccc(O)c1. The maximum atomic E-state index is 10.6. The zero-order valence-electron chi connectivity index (χ0n) is 24.3. The lowest BCUT2D eigenvalue weighted by Crippen LogP contribution is -2.00. The van der Waals surface area contributed by atoms with E-state index in [1.54, 1.807) is 24.3 Å². The lowest BCUT2D eigenvalue weighted by Gasteiger charge is -2.01. The lowest BCUT2D eigenvalue weighted by molar-refractivity contribution is -0.386. The minimum atomic E-state index is -1.39. The van der Waals surface area contributed by atoms with E-state index in [4.69, 9.17) is 30.6 Å². The molecule has 0 amide bonds. The first kappa shape index (κ1) is 47.4. The molecule has 4 aromatic carbocycles. The summed E-state index contributed by atoms with van der Waals surface area (Å²) in [6, 6.07) is 17.4. The second-order valence-electron chi connectivity index (χ2n) is 9.03. The number of hydrogen-bond donors (Lipinski definition) is 7. The van der Waals surface area contributed by atoms with Gasteiger partial charge in [0, 0.05) is 12.1 Å². The maximum Gasteiger partial charge on any atom is 0.339 e. The Labute approximate surface area is 285 Å². The molecule has 4 rings (SSSR count). The number of phenols is 3. The third-order valence-electron chi connectivity index (χ3n) is 5.47. The highest BCUT2D eigenvalue weighted by Gasteiger charge is 2.21. The van der Waals surface area contributed by atoms with E-state index in [-0.39, 0.29) is 39.2 Å². The van der Waals surface area contributed by atoms with Crippen molar-refractivity contribution >= 4 is 35.3 Å². The number of carbonyl (C=O) groups is 4. The minimum Gasteiger partial charge on any atom is -0.508 e. The van der Waals surface area contributed by atoms with Crippen molar-refractivity contribution < 1.29 is 64.8 Å². The number of benzene rings is 4. The third-order valence-corrected chi connectivity index (χ3v) is 5.47. The van der Waals surface area contributed by atoms with Crippen LogP contribution in [0.25, 0.3) is 0 Å². The van der Waals surface area contributed by atoms with Gasteiger partial charge in [0.15, 0.2) is 5.75 Å². The highest BCUT2D eigenvalue weighted by Crippen LogP contribution is 2.31. The Hall–Kier alpha value is -7.04. The highest BCUT2D eigenvalue weighted by atomic mass is 16.6. The molecule has 0 unspecified atom stereocenters. The van der Waals surface area contributed by atoms with Gasteiger partial charge in [0.25, 0.3) is 0 Å². The number of rotatable bonds is 6. The topological polar surface area (TPSA) is 296 Å². The van der Waals surface area contributed by atoms with Crippen molar-refractivity contribution in [1.82, 2.24) is 0 Å². The van der Waals surface area contributed by atoms with Gasteiger partial charge in [0.1, 0.15) is 11.3 Å². The molecule has 0 saturated heterocycles. The van der Waals surface area contributed by atoms with E-state index in [0.717, 1.165) is 29.8 Å². The Kier molecular flexibility index (Phi) is 20.6. The minimum absolute atomic E-state index is 0. The Balaban J connectivity index is -0.000000583. The van der Waals surface area contributed by atoms with Crippen LogP contribution < -0.4 is 0 Å². The van der Waals surface area contributed by atoms with Crippen LogP contribution in [-0.2, 0) is 0 Å². The second-order valence-corrected chi connectivity index (χ2v) is 9.03. The van der Waals surface area contributed by atoms with Gasteiger partial charge in [0.05, 0.1) is 26.5 Å². The van der Waals surface area contributed by atoms with Crippen molar-refractivity contribution in [3.63, 3.8) is 0 Å². The molecule has 0 aliphatic carbocycles. The van der Waals surface area contributed by atoms with Crippen LogP contribution in [0.4, 0.5) is 11.4 Å². The van der Waals surface area contributed by atoms with Crippen molar-refractivity contribution in [2.75, 3.05) is 0 Å². The highest BCUT2D eigenvalue weighted by molar-refractivity contribution is 5.92. The zero-order chi connectivity index (χ0) is 36.0. The predicted molar refractivity (Wildman–Crippen MR) is 182 cm³/mol. The summed E-state index contributed by atoms with van der Waals surface area (Å²) in [5.74, 6) is -5.96. The Morgan fingerprint density at radius 1 is 0.540 bits per heavy atom. The molecule has 0 radical (unpaired) electrons. The molecule has 270 valence electrons. The molecule has 0 fully saturated rings. The number of aryl methyl sites for hydroxylation is 2. The number of aromatic hydroxyl groups is 3. The summed E-state index contributed by atoms with van der Waals surface area (Å²) in [5.41, 5.74) is 0.0194. The first-order valence-corrected chi connectivity index (χ1v) is 12.6. The molecule has 0 aromatic heterocycles. The number of nitro groups is 2. The van der Waals surface area contributed by atoms with Crippen molar-refractivity contribution in [1.29, 1.82) is 0 Å². The van der Waals surface area contributed by atoms with E-state index in [1.165, 1.54) is 37.3 Å². The smallest absolute Gasteiger partial charge is 0.339 e. The lowest BCUT2D eigenvalue weighted by atomic mass is 10.1. The molecule has 0 atom stereocenters. The van der Waals surface area contributed by atoms with Crippen LogP contribution in [0.2, 0.25) is 0 Å². The van der Waals surface area contributed by atoms with Crippen molar-refractivity contribution in [3.8, 4) is 17.2 Å². The molecule has 50 heavy (non-hydrogen) atoms. The van der Waals surface area contributed by atoms with E-state index in [0.29, 0.717) is 11.1 Å². The monoisotopic (exact) mass is 702 g/mol. The number of carboxylic acid groups (broad SMARTS) is 4. The van der Waals surface area contributed by atoms with Crippen molar-refractivity contribution in [2.24, 2.45) is 0 Å². The molecule has 7 N–H and O–H groups in total. The summed E-state index contributed by atoms with van der Waals surface area (Å²) < 4.78 is 0. The number of nitrogens with zero attached hydrogens (tertiary/aromatic N) is 2. The Morgan fingerprint density at radius 2 is 1.00 bits per heavy atom. The standard InChI is InChI=1S/C8H7NO5.C8H8O2.C7H5NO5.C7H6O3.3CH4/c1-4-2-5(8(11)12)7(10)6(3-4)9(13)14;1-6-2-4-7(5-3-6)8(9)10;9-6-2-1-4(7(10)11)3-5(6)8(12)13;8-6-3-1-2-5(4-6)7(9)10;;;/h2-3,10H,1H3,(H,11,12);2-5H,1H3,(H,9,10);1-3,9H,(H,10,11);1-4,8H,(H,9,10);3*1H4. The first-order chi connectivity index (χ1) is 21.8. The van der Waals surface area contributed by atoms with Gasteiger partial charge >= 0.3 is 35.3 Å². The van der Waals surface area contributed by atoms with Crippen LogP contribution >= 0.6 is 0 Å². The van der Waals surface area contributed by atoms with Gasteiger partial charge in [-0.1, -0.05) is 46.0 Å². The largest absolute Gasteiger partial charge is 0.508 e. The van der Waals surface area contributed by atoms with E-state index >= 15 is 0 Å².